The van der Waals surface area contributed by atoms with Crippen LogP contribution in [0.2, 0.25) is 0 Å². The second-order valence-electron chi connectivity index (χ2n) is 7.38. The van der Waals surface area contributed by atoms with Crippen LogP contribution in [0, 0.1) is 12.8 Å². The van der Waals surface area contributed by atoms with Crippen LogP contribution in [0.25, 0.3) is 0 Å². The van der Waals surface area contributed by atoms with Gasteiger partial charge in [0.2, 0.25) is 0 Å². The van der Waals surface area contributed by atoms with Gasteiger partial charge in [0, 0.05) is 18.0 Å². The Balaban J connectivity index is 1.64. The molecule has 0 spiro atoms. The van der Waals surface area contributed by atoms with Crippen molar-refractivity contribution in [1.82, 2.24) is 4.90 Å². The van der Waals surface area contributed by atoms with Gasteiger partial charge in [0.1, 0.15) is 6.10 Å². The Morgan fingerprint density at radius 2 is 1.86 bits per heavy atom. The molecule has 0 N–H and O–H groups in total. The van der Waals surface area contributed by atoms with Crippen LogP contribution in [0.3, 0.4) is 0 Å². The lowest BCUT2D eigenvalue weighted by Crippen LogP contribution is -2.49. The summed E-state index contributed by atoms with van der Waals surface area (Å²) < 4.78 is 5.71. The molecule has 4 rings (SSSR count). The third-order valence-corrected chi connectivity index (χ3v) is 5.85. The number of benzene rings is 1. The average Bonchev–Trinajstić information content (AvgIpc) is 3.27. The van der Waals surface area contributed by atoms with Gasteiger partial charge >= 0.3 is 5.97 Å². The van der Waals surface area contributed by atoms with Gasteiger partial charge in [-0.3, -0.25) is 9.69 Å². The Bertz CT molecular complexity index is 563. The lowest BCUT2D eigenvalue weighted by atomic mass is 9.76. The molecular formula is C19H25NO2. The topological polar surface area (TPSA) is 29.5 Å². The van der Waals surface area contributed by atoms with E-state index >= 15 is 0 Å². The van der Waals surface area contributed by atoms with Gasteiger partial charge in [-0.1, -0.05) is 29.8 Å². The Morgan fingerprint density at radius 3 is 2.55 bits per heavy atom. The summed E-state index contributed by atoms with van der Waals surface area (Å²) in [5, 5.41) is 0. The monoisotopic (exact) mass is 299 g/mol. The third kappa shape index (κ3) is 2.45. The van der Waals surface area contributed by atoms with Gasteiger partial charge in [0.15, 0.2) is 0 Å². The summed E-state index contributed by atoms with van der Waals surface area (Å²) in [5.41, 5.74) is 2.59. The summed E-state index contributed by atoms with van der Waals surface area (Å²) in [7, 11) is 2.19. The second-order valence-corrected chi connectivity index (χ2v) is 7.38. The lowest BCUT2D eigenvalue weighted by molar-refractivity contribution is -0.154. The molecule has 3 heteroatoms. The van der Waals surface area contributed by atoms with Crippen LogP contribution in [-0.2, 0) is 9.53 Å². The summed E-state index contributed by atoms with van der Waals surface area (Å²) in [6, 6.07) is 9.74. The molecule has 3 fully saturated rings. The van der Waals surface area contributed by atoms with Crippen molar-refractivity contribution in [2.75, 3.05) is 7.05 Å². The first-order chi connectivity index (χ1) is 10.6. The van der Waals surface area contributed by atoms with Gasteiger partial charge in [-0.05, 0) is 51.6 Å². The molecule has 2 bridgehead atoms. The van der Waals surface area contributed by atoms with Crippen LogP contribution >= 0.6 is 0 Å². The first kappa shape index (κ1) is 14.3. The van der Waals surface area contributed by atoms with Crippen LogP contribution in [0.4, 0.5) is 0 Å². The Hall–Kier alpha value is -1.35. The van der Waals surface area contributed by atoms with Crippen molar-refractivity contribution in [3.05, 3.63) is 35.4 Å². The predicted molar refractivity (Wildman–Crippen MR) is 85.7 cm³/mol. The highest BCUT2D eigenvalue weighted by molar-refractivity contribution is 5.75. The largest absolute Gasteiger partial charge is 0.462 e. The number of hydrogen-bond acceptors (Lipinski definition) is 3. The first-order valence-corrected chi connectivity index (χ1v) is 8.62. The van der Waals surface area contributed by atoms with Crippen LogP contribution < -0.4 is 0 Å². The maximum Gasteiger partial charge on any atom is 0.311 e. The van der Waals surface area contributed by atoms with Gasteiger partial charge < -0.3 is 4.74 Å². The summed E-state index contributed by atoms with van der Waals surface area (Å²) in [5.74, 6) is 0.373. The Labute approximate surface area is 132 Å². The molecule has 2 heterocycles. The van der Waals surface area contributed by atoms with Crippen molar-refractivity contribution in [3.63, 3.8) is 0 Å². The maximum atomic E-state index is 12.8. The number of carbonyl (C=O) groups is 1. The van der Waals surface area contributed by atoms with Gasteiger partial charge in [-0.15, -0.1) is 0 Å². The van der Waals surface area contributed by atoms with Crippen LogP contribution in [-0.4, -0.2) is 36.1 Å². The quantitative estimate of drug-likeness (QED) is 0.802. The van der Waals surface area contributed by atoms with Crippen molar-refractivity contribution in [2.24, 2.45) is 5.92 Å². The van der Waals surface area contributed by atoms with E-state index in [9.17, 15) is 4.79 Å². The molecule has 4 atom stereocenters. The summed E-state index contributed by atoms with van der Waals surface area (Å²) >= 11 is 0. The predicted octanol–water partition coefficient (Wildman–Crippen LogP) is 3.27. The van der Waals surface area contributed by atoms with E-state index in [-0.39, 0.29) is 18.0 Å². The molecule has 0 aromatic heterocycles. The zero-order valence-electron chi connectivity index (χ0n) is 13.5. The number of ether oxygens (including phenoxy) is 1. The maximum absolute atomic E-state index is 12.8. The summed E-state index contributed by atoms with van der Waals surface area (Å²) in [6.07, 6.45) is 5.74. The van der Waals surface area contributed by atoms with Gasteiger partial charge in [-0.25, -0.2) is 0 Å². The van der Waals surface area contributed by atoms with Crippen molar-refractivity contribution in [1.29, 1.82) is 0 Å². The fourth-order valence-corrected chi connectivity index (χ4v) is 4.37. The van der Waals surface area contributed by atoms with Crippen molar-refractivity contribution < 1.29 is 9.53 Å². The van der Waals surface area contributed by atoms with E-state index in [1.54, 1.807) is 0 Å². The number of carbonyl (C=O) groups excluding carboxylic acids is 1. The summed E-state index contributed by atoms with van der Waals surface area (Å²) in [6.45, 7) is 2.11. The normalized spacial score (nSPS) is 34.6. The average molecular weight is 299 g/mol. The lowest BCUT2D eigenvalue weighted by Gasteiger charge is -2.42. The molecule has 0 radical (unpaired) electrons. The number of hydrogen-bond donors (Lipinski definition) is 0. The van der Waals surface area contributed by atoms with E-state index < -0.39 is 0 Å². The number of nitrogens with zero attached hydrogens (tertiary/aromatic N) is 1. The minimum absolute atomic E-state index is 0.00653. The third-order valence-electron chi connectivity index (χ3n) is 5.85. The van der Waals surface area contributed by atoms with E-state index in [1.807, 2.05) is 0 Å². The van der Waals surface area contributed by atoms with E-state index in [0.717, 1.165) is 25.7 Å². The molecule has 2 aliphatic heterocycles. The number of piperidine rings is 1. The van der Waals surface area contributed by atoms with Crippen LogP contribution in [0.5, 0.6) is 0 Å². The minimum atomic E-state index is 0.00653. The second kappa shape index (κ2) is 5.38. The highest BCUT2D eigenvalue weighted by atomic mass is 16.5. The summed E-state index contributed by atoms with van der Waals surface area (Å²) in [4.78, 5) is 15.2. The molecule has 1 aromatic rings. The Morgan fingerprint density at radius 1 is 1.14 bits per heavy atom. The van der Waals surface area contributed by atoms with E-state index in [4.69, 9.17) is 4.74 Å². The highest BCUT2D eigenvalue weighted by Gasteiger charge is 2.50. The smallest absolute Gasteiger partial charge is 0.311 e. The number of fused-ring (bicyclic) bond motifs is 2. The molecule has 118 valence electrons. The molecule has 1 aromatic carbocycles. The molecule has 3 unspecified atom stereocenters. The first-order valence-electron chi connectivity index (χ1n) is 8.62. The van der Waals surface area contributed by atoms with Gasteiger partial charge in [-0.2, -0.15) is 0 Å². The molecule has 1 aliphatic carbocycles. The van der Waals surface area contributed by atoms with Crippen molar-refractivity contribution in [2.45, 2.75) is 63.1 Å². The zero-order valence-corrected chi connectivity index (χ0v) is 13.5. The number of rotatable bonds is 3. The fourth-order valence-electron chi connectivity index (χ4n) is 4.37. The molecule has 2 saturated heterocycles. The van der Waals surface area contributed by atoms with Crippen molar-refractivity contribution in [3.8, 4) is 0 Å². The zero-order chi connectivity index (χ0) is 15.3. The minimum Gasteiger partial charge on any atom is -0.462 e. The van der Waals surface area contributed by atoms with E-state index in [1.165, 1.54) is 17.5 Å². The van der Waals surface area contributed by atoms with Gasteiger partial charge in [0.25, 0.3) is 0 Å². The fraction of sp³-hybridized carbons (Fsp3) is 0.632. The molecular weight excluding hydrogens is 274 g/mol. The Kier molecular flexibility index (Phi) is 3.48. The molecule has 1 saturated carbocycles. The molecule has 0 amide bonds. The standard InChI is InChI=1S/C19H25NO2/c1-12-3-5-13(6-4-12)16-11-14-7-10-17(20(14)2)18(16)19(21)22-15-8-9-15/h3-6,14-18H,7-11H2,1-2H3/t14?,16-,17?,18?/m1/s1. The molecule has 22 heavy (non-hydrogen) atoms. The van der Waals surface area contributed by atoms with Crippen molar-refractivity contribution >= 4 is 5.97 Å². The number of aryl methyl sites for hydroxylation is 1. The van der Waals surface area contributed by atoms with Gasteiger partial charge in [0.05, 0.1) is 5.92 Å². The SMILES string of the molecule is Cc1ccc([C@H]2CC3CCC(C2C(=O)OC2CC2)N3C)cc1. The van der Waals surface area contributed by atoms with Crippen LogP contribution in [0.1, 0.15) is 49.1 Å². The highest BCUT2D eigenvalue weighted by Crippen LogP contribution is 2.47. The van der Waals surface area contributed by atoms with E-state index in [0.29, 0.717) is 18.0 Å². The molecule has 3 aliphatic rings. The van der Waals surface area contributed by atoms with Crippen LogP contribution in [0.15, 0.2) is 24.3 Å². The number of esters is 1. The molecule has 3 nitrogen and oxygen atoms in total. The van der Waals surface area contributed by atoms with E-state index in [2.05, 4.69) is 43.1 Å².